The van der Waals surface area contributed by atoms with Gasteiger partial charge in [0.2, 0.25) is 24.6 Å². The number of carbonyl (C=O) groups is 3. The van der Waals surface area contributed by atoms with Crippen LogP contribution < -0.4 is 41.0 Å². The van der Waals surface area contributed by atoms with Crippen molar-refractivity contribution < 1.29 is 45.8 Å². The monoisotopic (exact) mass is 1190 g/mol. The number of rotatable bonds is 17. The fraction of sp³-hybridized carbons (Fsp3) is 0.467. The van der Waals surface area contributed by atoms with E-state index < -0.39 is 41.2 Å². The van der Waals surface area contributed by atoms with Crippen molar-refractivity contribution >= 4 is 81.1 Å². The predicted octanol–water partition coefficient (Wildman–Crippen LogP) is 9.39. The van der Waals surface area contributed by atoms with Crippen molar-refractivity contribution in [2.75, 3.05) is 76.7 Å². The van der Waals surface area contributed by atoms with Gasteiger partial charge in [0, 0.05) is 73.4 Å². The number of hydrogen-bond donors (Lipinski definition) is 4. The van der Waals surface area contributed by atoms with E-state index in [2.05, 4.69) is 63.0 Å². The lowest BCUT2D eigenvalue weighted by Gasteiger charge is -2.33. The number of hydrogen-bond acceptors (Lipinski definition) is 13. The summed E-state index contributed by atoms with van der Waals surface area (Å²) >= 11 is 7.44. The van der Waals surface area contributed by atoms with Crippen molar-refractivity contribution in [3.63, 3.8) is 0 Å². The molecule has 3 amide bonds. The highest BCUT2D eigenvalue weighted by atomic mass is 35.5. The molecule has 83 heavy (non-hydrogen) atoms. The number of benzene rings is 3. The Bertz CT molecular complexity index is 3220. The number of likely N-dealkylation sites (tertiary alicyclic amines) is 2. The average Bonchev–Trinajstić information content (AvgIpc) is 3.28. The molecular weight excluding hydrogens is 1110 g/mol. The van der Waals surface area contributed by atoms with Crippen LogP contribution in [0.3, 0.4) is 0 Å². The van der Waals surface area contributed by atoms with Crippen LogP contribution in [0.25, 0.3) is 33.9 Å². The van der Waals surface area contributed by atoms with Crippen LogP contribution in [0.5, 0.6) is 6.01 Å². The summed E-state index contributed by atoms with van der Waals surface area (Å²) in [5.74, 6) is -3.94. The highest BCUT2D eigenvalue weighted by Gasteiger charge is 2.37. The van der Waals surface area contributed by atoms with E-state index in [1.54, 1.807) is 25.1 Å². The van der Waals surface area contributed by atoms with Crippen LogP contribution in [-0.2, 0) is 19.1 Å². The standard InChI is InChI=1S/C31H39F3N4O4.C23H20BClF2N6OS.C4H10.C2H6/c1-21(22-7-9-23(10-8-22)30-25(33)18-24(32)19-26(30)34)36-31(41)27-6-4-15-38(27)29(40)20-35-28(39)11-17-42-16-5-14-37-12-2-3-13-37;1-3-17(26)20-12(15(8-28)21(29)35-20)6-13-16(25)7-14-19(18(13)27)30-23(34-2)31-22(14)33-9-11-4-5-24(10-33)32-11;1-4(2)3;1-2/h7-10,18-19,21,27H,2-6,11-17,20H2,1H3,(H,35,39)(H,36,41);3,6-7,11,32H,1,4-5,9-10,29H2,2H3;4H,1-3H3;1-2H3/b;12-6+,20-17-;;/t21-,27-;;;/m0.../s1. The molecule has 0 aliphatic carbocycles. The van der Waals surface area contributed by atoms with Gasteiger partial charge in [-0.3, -0.25) is 14.4 Å². The fourth-order valence-corrected chi connectivity index (χ4v) is 11.4. The number of nitrogens with zero attached hydrogens (tertiary/aromatic N) is 6. The highest BCUT2D eigenvalue weighted by molar-refractivity contribution is 7.14. The maximum absolute atomic E-state index is 16.0. The molecule has 6 heterocycles. The van der Waals surface area contributed by atoms with Gasteiger partial charge in [0.15, 0.2) is 5.82 Å². The molecule has 15 nitrogen and oxygen atoms in total. The van der Waals surface area contributed by atoms with Gasteiger partial charge >= 0.3 is 6.01 Å². The van der Waals surface area contributed by atoms with E-state index in [4.69, 9.17) is 26.8 Å². The molecule has 446 valence electrons. The van der Waals surface area contributed by atoms with Crippen molar-refractivity contribution in [3.8, 4) is 23.2 Å². The minimum Gasteiger partial charge on any atom is -0.467 e. The van der Waals surface area contributed by atoms with Crippen molar-refractivity contribution in [1.29, 1.82) is 5.26 Å². The summed E-state index contributed by atoms with van der Waals surface area (Å²) in [6, 6.07) is 10.3. The second kappa shape index (κ2) is 31.3. The van der Waals surface area contributed by atoms with E-state index in [-0.39, 0.29) is 84.2 Å². The number of aromatic nitrogens is 2. The third-order valence-electron chi connectivity index (χ3n) is 14.2. The van der Waals surface area contributed by atoms with Crippen molar-refractivity contribution in [2.24, 2.45) is 5.92 Å². The molecule has 4 fully saturated rings. The van der Waals surface area contributed by atoms with Gasteiger partial charge in [-0.05, 0) is 93.8 Å². The van der Waals surface area contributed by atoms with Gasteiger partial charge in [-0.25, -0.2) is 22.0 Å². The van der Waals surface area contributed by atoms with Gasteiger partial charge in [0.25, 0.3) is 0 Å². The number of allylic oxidation sites excluding steroid dienone is 1. The molecule has 4 aliphatic rings. The number of halogens is 6. The molecule has 2 bridgehead atoms. The Balaban J connectivity index is 0.000000246. The lowest BCUT2D eigenvalue weighted by atomic mass is 9.61. The number of nitrogen functional groups attached to an aromatic ring is 1. The Morgan fingerprint density at radius 3 is 2.34 bits per heavy atom. The zero-order valence-electron chi connectivity index (χ0n) is 48.3. The maximum atomic E-state index is 16.0. The largest absolute Gasteiger partial charge is 0.467 e. The lowest BCUT2D eigenvalue weighted by molar-refractivity contribution is -0.139. The van der Waals surface area contributed by atoms with E-state index in [0.717, 1.165) is 75.1 Å². The number of amides is 3. The first-order valence-electron chi connectivity index (χ1n) is 28.3. The van der Waals surface area contributed by atoms with E-state index >= 15 is 4.39 Å². The molecular formula is C60H75BClF5N10O5S. The first kappa shape index (κ1) is 65.5. The smallest absolute Gasteiger partial charge is 0.318 e. The Hall–Kier alpha value is -6.64. The van der Waals surface area contributed by atoms with E-state index in [1.165, 1.54) is 43.1 Å². The van der Waals surface area contributed by atoms with Crippen LogP contribution in [0.2, 0.25) is 11.3 Å². The Labute approximate surface area is 492 Å². The molecule has 2 aromatic heterocycles. The van der Waals surface area contributed by atoms with Gasteiger partial charge in [0.05, 0.1) is 47.0 Å². The number of thiophene rings is 1. The molecule has 4 saturated heterocycles. The SMILES string of the molecule is C=C/C(F)=c1/sc(N)c(C#N)/c1=C\c1c(Cl)cc2c(N3CB4CCC(C3)N4)nc(OC)nc2c1F.CC.CC(C)C.C[C@H](NC(=O)[C@@H]1CCCN1C(=O)CNC(=O)CCOCCCN1CCCC1)c1ccc(-c2c(F)cc(F)cc2F)cc1. The number of nitrogens with two attached hydrogens (primary N) is 1. The number of fused-ring (bicyclic) bond motifs is 3. The summed E-state index contributed by atoms with van der Waals surface area (Å²) in [5.41, 5.74) is 6.54. The quantitative estimate of drug-likeness (QED) is 0.0393. The van der Waals surface area contributed by atoms with Crippen LogP contribution in [0, 0.1) is 40.5 Å². The number of methoxy groups -OCH3 is 1. The summed E-state index contributed by atoms with van der Waals surface area (Å²) in [7, 11) is 1.42. The summed E-state index contributed by atoms with van der Waals surface area (Å²) < 4.78 is 82.9. The highest BCUT2D eigenvalue weighted by Crippen LogP contribution is 2.36. The van der Waals surface area contributed by atoms with E-state index in [1.807, 2.05) is 19.9 Å². The third kappa shape index (κ3) is 17.2. The van der Waals surface area contributed by atoms with Gasteiger partial charge in [-0.1, -0.05) is 83.4 Å². The van der Waals surface area contributed by atoms with Crippen LogP contribution in [-0.4, -0.2) is 122 Å². The Kier molecular flexibility index (Phi) is 24.7. The number of nitrogens with one attached hydrogen (secondary N) is 3. The molecule has 23 heteroatoms. The number of anilines is 2. The molecule has 0 saturated carbocycles. The Morgan fingerprint density at radius 1 is 1.01 bits per heavy atom. The van der Waals surface area contributed by atoms with Gasteiger partial charge < -0.3 is 45.8 Å². The normalized spacial score (nSPS) is 17.4. The van der Waals surface area contributed by atoms with Crippen LogP contribution >= 0.6 is 22.9 Å². The average molecular weight is 1190 g/mol. The molecule has 1 unspecified atom stereocenters. The summed E-state index contributed by atoms with van der Waals surface area (Å²) in [6.07, 6.45) is 9.97. The molecule has 4 aliphatic heterocycles. The van der Waals surface area contributed by atoms with Crippen LogP contribution in [0.4, 0.5) is 32.8 Å². The van der Waals surface area contributed by atoms with Crippen molar-refractivity contribution in [2.45, 2.75) is 111 Å². The summed E-state index contributed by atoms with van der Waals surface area (Å²) in [4.78, 5) is 52.8. The minimum atomic E-state index is -1.000. The third-order valence-corrected chi connectivity index (χ3v) is 15.5. The lowest BCUT2D eigenvalue weighted by Crippen LogP contribution is -2.54. The predicted molar refractivity (Wildman–Crippen MR) is 320 cm³/mol. The van der Waals surface area contributed by atoms with E-state index in [0.29, 0.717) is 74.4 Å². The van der Waals surface area contributed by atoms with E-state index in [9.17, 15) is 37.2 Å². The molecule has 0 radical (unpaired) electrons. The second-order valence-electron chi connectivity index (χ2n) is 21.1. The number of ether oxygens (including phenoxy) is 2. The van der Waals surface area contributed by atoms with Gasteiger partial charge in [0.1, 0.15) is 51.7 Å². The zero-order chi connectivity index (χ0) is 60.5. The summed E-state index contributed by atoms with van der Waals surface area (Å²) in [5, 5.41) is 19.4. The first-order chi connectivity index (χ1) is 39.8. The Morgan fingerprint density at radius 2 is 1.70 bits per heavy atom. The molecule has 3 atom stereocenters. The van der Waals surface area contributed by atoms with Gasteiger partial charge in [-0.2, -0.15) is 15.2 Å². The molecule has 3 aromatic carbocycles. The van der Waals surface area contributed by atoms with Crippen LogP contribution in [0.15, 0.2) is 55.1 Å². The maximum Gasteiger partial charge on any atom is 0.318 e. The fourth-order valence-electron chi connectivity index (χ4n) is 10.3. The van der Waals surface area contributed by atoms with Crippen molar-refractivity contribution in [3.05, 3.63) is 110 Å². The zero-order valence-corrected chi connectivity index (χ0v) is 49.9. The van der Waals surface area contributed by atoms with Crippen molar-refractivity contribution in [1.82, 2.24) is 35.6 Å². The second-order valence-corrected chi connectivity index (χ2v) is 22.5. The molecule has 5 aromatic rings. The van der Waals surface area contributed by atoms with Gasteiger partial charge in [-0.15, -0.1) is 11.3 Å². The molecule has 5 N–H and O–H groups in total. The summed E-state index contributed by atoms with van der Waals surface area (Å²) in [6.45, 7) is 21.2. The number of nitriles is 1. The molecule has 9 rings (SSSR count). The topological polar surface area (TPSA) is 191 Å². The van der Waals surface area contributed by atoms with Crippen LogP contribution in [0.1, 0.15) is 109 Å². The molecule has 0 spiro atoms. The minimum absolute atomic E-state index is 0.0183. The first-order valence-corrected chi connectivity index (χ1v) is 29.5. The number of carbonyl (C=O) groups excluding carboxylic acids is 3.